The van der Waals surface area contributed by atoms with Crippen LogP contribution in [-0.2, 0) is 6.42 Å². The number of nitrogens with zero attached hydrogens (tertiary/aromatic N) is 5. The van der Waals surface area contributed by atoms with Crippen LogP contribution in [0.5, 0.6) is 0 Å². The fourth-order valence-corrected chi connectivity index (χ4v) is 2.32. The van der Waals surface area contributed by atoms with Gasteiger partial charge in [-0.2, -0.15) is 14.6 Å². The largest absolute Gasteiger partial charge is 0.368 e. The normalized spacial score (nSPS) is 11.2. The first-order valence-electron chi connectivity index (χ1n) is 6.87. The SMILES string of the molecule is Nc1nc(Cc2ccccc2F)nc2cc(-c3ccno3)nn12. The third-order valence-corrected chi connectivity index (χ3v) is 3.39. The first-order chi connectivity index (χ1) is 11.2. The number of hydrogen-bond acceptors (Lipinski definition) is 6. The highest BCUT2D eigenvalue weighted by Crippen LogP contribution is 2.20. The van der Waals surface area contributed by atoms with Gasteiger partial charge in [-0.1, -0.05) is 23.4 Å². The molecule has 1 aromatic carbocycles. The molecule has 3 aromatic heterocycles. The van der Waals surface area contributed by atoms with Gasteiger partial charge in [0.2, 0.25) is 5.95 Å². The molecule has 0 aliphatic carbocycles. The van der Waals surface area contributed by atoms with Crippen LogP contribution in [0.15, 0.2) is 47.1 Å². The molecule has 0 atom stereocenters. The zero-order chi connectivity index (χ0) is 15.8. The van der Waals surface area contributed by atoms with Gasteiger partial charge in [0.1, 0.15) is 17.3 Å². The van der Waals surface area contributed by atoms with E-state index in [1.54, 1.807) is 30.3 Å². The van der Waals surface area contributed by atoms with Gasteiger partial charge in [0.05, 0.1) is 6.20 Å². The van der Waals surface area contributed by atoms with E-state index >= 15 is 0 Å². The number of aromatic nitrogens is 5. The first kappa shape index (κ1) is 13.4. The van der Waals surface area contributed by atoms with Crippen LogP contribution in [0.4, 0.5) is 10.3 Å². The smallest absolute Gasteiger partial charge is 0.224 e. The van der Waals surface area contributed by atoms with E-state index in [2.05, 4.69) is 20.2 Å². The fraction of sp³-hybridized carbons (Fsp3) is 0.0667. The van der Waals surface area contributed by atoms with Crippen molar-refractivity contribution in [2.24, 2.45) is 0 Å². The van der Waals surface area contributed by atoms with Crippen molar-refractivity contribution in [1.82, 2.24) is 24.7 Å². The van der Waals surface area contributed by atoms with Crippen molar-refractivity contribution >= 4 is 11.6 Å². The number of fused-ring (bicyclic) bond motifs is 1. The number of benzene rings is 1. The molecule has 0 amide bonds. The number of rotatable bonds is 3. The number of nitrogen functional groups attached to an aromatic ring is 1. The standard InChI is InChI=1S/C15H11FN6O/c16-10-4-2-1-3-9(10)7-13-19-14-8-11(12-5-6-18-23-12)21-22(14)15(17)20-13/h1-6,8H,7H2,(H2,17,19,20). The minimum absolute atomic E-state index is 0.173. The topological polar surface area (TPSA) is 95.1 Å². The molecule has 0 aliphatic heterocycles. The van der Waals surface area contributed by atoms with Gasteiger partial charge in [-0.15, -0.1) is 0 Å². The third-order valence-electron chi connectivity index (χ3n) is 3.39. The molecule has 23 heavy (non-hydrogen) atoms. The predicted octanol–water partition coefficient (Wildman–Crippen LogP) is 2.09. The maximum atomic E-state index is 13.8. The number of hydrogen-bond donors (Lipinski definition) is 1. The highest BCUT2D eigenvalue weighted by Gasteiger charge is 2.13. The second-order valence-corrected chi connectivity index (χ2v) is 4.94. The number of anilines is 1. The Morgan fingerprint density at radius 1 is 1.17 bits per heavy atom. The lowest BCUT2D eigenvalue weighted by atomic mass is 10.1. The summed E-state index contributed by atoms with van der Waals surface area (Å²) in [5.74, 6) is 0.798. The van der Waals surface area contributed by atoms with Crippen LogP contribution >= 0.6 is 0 Å². The monoisotopic (exact) mass is 310 g/mol. The van der Waals surface area contributed by atoms with Crippen molar-refractivity contribution in [3.05, 3.63) is 59.8 Å². The van der Waals surface area contributed by atoms with E-state index in [1.165, 1.54) is 16.8 Å². The van der Waals surface area contributed by atoms with Gasteiger partial charge in [0.25, 0.3) is 0 Å². The second kappa shape index (κ2) is 5.16. The molecule has 7 nitrogen and oxygen atoms in total. The number of nitrogens with two attached hydrogens (primary N) is 1. The summed E-state index contributed by atoms with van der Waals surface area (Å²) in [7, 11) is 0. The van der Waals surface area contributed by atoms with Gasteiger partial charge in [0.15, 0.2) is 11.4 Å². The molecule has 4 aromatic rings. The maximum Gasteiger partial charge on any atom is 0.224 e. The van der Waals surface area contributed by atoms with Crippen LogP contribution < -0.4 is 5.73 Å². The Balaban J connectivity index is 1.76. The Labute approximate surface area is 129 Å². The average Bonchev–Trinajstić information content (AvgIpc) is 3.18. The molecule has 0 radical (unpaired) electrons. The van der Waals surface area contributed by atoms with Crippen LogP contribution in [0.25, 0.3) is 17.1 Å². The van der Waals surface area contributed by atoms with Crippen molar-refractivity contribution < 1.29 is 8.91 Å². The van der Waals surface area contributed by atoms with Crippen molar-refractivity contribution in [2.45, 2.75) is 6.42 Å². The number of halogens is 1. The Bertz CT molecular complexity index is 979. The molecule has 0 spiro atoms. The molecule has 0 unspecified atom stereocenters. The van der Waals surface area contributed by atoms with Gasteiger partial charge in [0, 0.05) is 18.6 Å². The van der Waals surface area contributed by atoms with E-state index in [4.69, 9.17) is 10.3 Å². The lowest BCUT2D eigenvalue weighted by Crippen LogP contribution is -2.08. The fourth-order valence-electron chi connectivity index (χ4n) is 2.32. The van der Waals surface area contributed by atoms with Crippen molar-refractivity contribution in [3.8, 4) is 11.5 Å². The summed E-state index contributed by atoms with van der Waals surface area (Å²) in [5, 5.41) is 7.92. The van der Waals surface area contributed by atoms with Crippen molar-refractivity contribution in [2.75, 3.05) is 5.73 Å². The van der Waals surface area contributed by atoms with Gasteiger partial charge in [-0.05, 0) is 11.6 Å². The molecule has 0 saturated heterocycles. The van der Waals surface area contributed by atoms with E-state index in [0.29, 0.717) is 28.5 Å². The lowest BCUT2D eigenvalue weighted by molar-refractivity contribution is 0.431. The average molecular weight is 310 g/mol. The maximum absolute atomic E-state index is 13.8. The Morgan fingerprint density at radius 3 is 2.83 bits per heavy atom. The van der Waals surface area contributed by atoms with E-state index in [-0.39, 0.29) is 18.2 Å². The molecule has 2 N–H and O–H groups in total. The molecule has 8 heteroatoms. The van der Waals surface area contributed by atoms with E-state index in [9.17, 15) is 4.39 Å². The highest BCUT2D eigenvalue weighted by molar-refractivity contribution is 5.59. The minimum Gasteiger partial charge on any atom is -0.368 e. The van der Waals surface area contributed by atoms with Gasteiger partial charge < -0.3 is 10.3 Å². The van der Waals surface area contributed by atoms with Crippen molar-refractivity contribution in [3.63, 3.8) is 0 Å². The van der Waals surface area contributed by atoms with Crippen LogP contribution in [0.3, 0.4) is 0 Å². The highest BCUT2D eigenvalue weighted by atomic mass is 19.1. The van der Waals surface area contributed by atoms with E-state index < -0.39 is 0 Å². The van der Waals surface area contributed by atoms with Crippen LogP contribution in [0.2, 0.25) is 0 Å². The van der Waals surface area contributed by atoms with Crippen LogP contribution in [0.1, 0.15) is 11.4 Å². The second-order valence-electron chi connectivity index (χ2n) is 4.94. The summed E-state index contributed by atoms with van der Waals surface area (Å²) >= 11 is 0. The first-order valence-corrected chi connectivity index (χ1v) is 6.87. The van der Waals surface area contributed by atoms with Crippen LogP contribution in [0, 0.1) is 5.82 Å². The quantitative estimate of drug-likeness (QED) is 0.622. The van der Waals surface area contributed by atoms with Gasteiger partial charge in [-0.25, -0.2) is 9.37 Å². The molecule has 0 bridgehead atoms. The lowest BCUT2D eigenvalue weighted by Gasteiger charge is -2.04. The van der Waals surface area contributed by atoms with Crippen LogP contribution in [-0.4, -0.2) is 24.7 Å². The molecular formula is C15H11FN6O. The van der Waals surface area contributed by atoms with Gasteiger partial charge in [-0.3, -0.25) is 0 Å². The molecular weight excluding hydrogens is 299 g/mol. The zero-order valence-electron chi connectivity index (χ0n) is 11.8. The molecule has 114 valence electrons. The summed E-state index contributed by atoms with van der Waals surface area (Å²) in [4.78, 5) is 8.57. The van der Waals surface area contributed by atoms with E-state index in [0.717, 1.165) is 0 Å². The molecule has 0 fully saturated rings. The molecule has 0 saturated carbocycles. The summed E-state index contributed by atoms with van der Waals surface area (Å²) in [5.41, 5.74) is 7.49. The predicted molar refractivity (Wildman–Crippen MR) is 79.9 cm³/mol. The summed E-state index contributed by atoms with van der Waals surface area (Å²) in [6, 6.07) is 9.89. The summed E-state index contributed by atoms with van der Waals surface area (Å²) in [6.07, 6.45) is 1.77. The van der Waals surface area contributed by atoms with Crippen molar-refractivity contribution in [1.29, 1.82) is 0 Å². The van der Waals surface area contributed by atoms with Gasteiger partial charge >= 0.3 is 0 Å². The Kier molecular flexibility index (Phi) is 3.00. The third kappa shape index (κ3) is 2.39. The van der Waals surface area contributed by atoms with E-state index in [1.807, 2.05) is 0 Å². The zero-order valence-corrected chi connectivity index (χ0v) is 11.8. The summed E-state index contributed by atoms with van der Waals surface area (Å²) < 4.78 is 20.2. The molecule has 3 heterocycles. The Hall–Kier alpha value is -3.29. The molecule has 0 aliphatic rings. The summed E-state index contributed by atoms with van der Waals surface area (Å²) in [6.45, 7) is 0. The minimum atomic E-state index is -0.301. The molecule has 4 rings (SSSR count). The Morgan fingerprint density at radius 2 is 2.04 bits per heavy atom.